The fourth-order valence-corrected chi connectivity index (χ4v) is 8.41. The van der Waals surface area contributed by atoms with Gasteiger partial charge in [0.05, 0.1) is 0 Å². The van der Waals surface area contributed by atoms with Crippen LogP contribution in [0.15, 0.2) is 0 Å². The zero-order valence-corrected chi connectivity index (χ0v) is 24.5. The Kier molecular flexibility index (Phi) is 7.59. The van der Waals surface area contributed by atoms with Crippen molar-refractivity contribution < 1.29 is 48.0 Å². The molecule has 0 aromatic heterocycles. The first-order valence-corrected chi connectivity index (χ1v) is 14.7. The predicted octanol–water partition coefficient (Wildman–Crippen LogP) is 3.00. The summed E-state index contributed by atoms with van der Waals surface area (Å²) in [5, 5.41) is 4.26. The van der Waals surface area contributed by atoms with Crippen molar-refractivity contribution in [3.05, 3.63) is 0 Å². The van der Waals surface area contributed by atoms with E-state index >= 15 is 0 Å². The Morgan fingerprint density at radius 1 is 0.738 bits per heavy atom. The highest BCUT2D eigenvalue weighted by Crippen LogP contribution is 2.69. The molecule has 2 saturated heterocycles. The quantitative estimate of drug-likeness (QED) is 0.395. The number of hydrogen-bond donors (Lipinski definition) is 1. The van der Waals surface area contributed by atoms with Gasteiger partial charge in [-0.05, 0) is 88.9 Å². The van der Waals surface area contributed by atoms with E-state index in [9.17, 15) is 33.6 Å². The third-order valence-electron chi connectivity index (χ3n) is 9.18. The number of amides is 5. The number of nitrogens with one attached hydrogen (secondary N) is 1. The smallest absolute Gasteiger partial charge is 0.408 e. The number of nitrogens with zero attached hydrogens (tertiary/aromatic N) is 2. The van der Waals surface area contributed by atoms with Gasteiger partial charge in [0.2, 0.25) is 0 Å². The number of rotatable bonds is 9. The molecule has 4 bridgehead atoms. The first-order chi connectivity index (χ1) is 19.6. The molecule has 5 amide bonds. The maximum Gasteiger partial charge on any atom is 0.408 e. The van der Waals surface area contributed by atoms with Gasteiger partial charge in [-0.25, -0.2) is 14.4 Å². The lowest BCUT2D eigenvalue weighted by Gasteiger charge is -2.67. The average Bonchev–Trinajstić information content (AvgIpc) is 3.34. The Balaban J connectivity index is 1.30. The summed E-state index contributed by atoms with van der Waals surface area (Å²) in [6, 6.07) is 0. The molecule has 0 spiro atoms. The summed E-state index contributed by atoms with van der Waals surface area (Å²) in [6.45, 7) is 5.37. The highest BCUT2D eigenvalue weighted by atomic mass is 16.7. The normalized spacial score (nSPS) is 32.0. The minimum absolute atomic E-state index is 0.0103. The number of hydrogen-bond acceptors (Lipinski definition) is 10. The van der Waals surface area contributed by atoms with Crippen molar-refractivity contribution in [2.45, 2.75) is 122 Å². The molecule has 4 atom stereocenters. The number of carbonyl (C=O) groups is 7. The standard InChI is InChI=1S/C29H39N3O10/c1-26(2,3)40-25(39)30-29-14-18-12-27(16-29,10-8-23(37)41-31-19(33)4-5-20(31)34)15-28(13-18,17-29)11-9-24(38)42-32-21(35)6-7-22(32)36/h18H,4-17H2,1-3H3,(H,30,39)/t18?,27-,28+,29?. The second kappa shape index (κ2) is 10.6. The van der Waals surface area contributed by atoms with Gasteiger partial charge in [0.25, 0.3) is 23.6 Å². The first kappa shape index (κ1) is 30.0. The summed E-state index contributed by atoms with van der Waals surface area (Å²) in [7, 11) is 0. The number of ether oxygens (including phenoxy) is 1. The molecule has 2 heterocycles. The number of carbonyl (C=O) groups excluding carboxylic acids is 7. The summed E-state index contributed by atoms with van der Waals surface area (Å²) in [5.74, 6) is -3.24. The van der Waals surface area contributed by atoms with E-state index < -0.39 is 52.8 Å². The van der Waals surface area contributed by atoms with Crippen molar-refractivity contribution in [2.24, 2.45) is 16.7 Å². The molecular weight excluding hydrogens is 550 g/mol. The van der Waals surface area contributed by atoms with E-state index in [-0.39, 0.29) is 55.3 Å². The van der Waals surface area contributed by atoms with E-state index in [0.29, 0.717) is 42.2 Å². The van der Waals surface area contributed by atoms with E-state index in [4.69, 9.17) is 14.4 Å². The molecule has 2 aliphatic heterocycles. The van der Waals surface area contributed by atoms with Crippen LogP contribution in [0.3, 0.4) is 0 Å². The largest absolute Gasteiger partial charge is 0.444 e. The highest BCUT2D eigenvalue weighted by Gasteiger charge is 2.63. The summed E-state index contributed by atoms with van der Waals surface area (Å²) < 4.78 is 5.59. The van der Waals surface area contributed by atoms with E-state index in [1.54, 1.807) is 20.8 Å². The first-order valence-electron chi connectivity index (χ1n) is 14.7. The fraction of sp³-hybridized carbons (Fsp3) is 0.759. The summed E-state index contributed by atoms with van der Waals surface area (Å²) >= 11 is 0. The lowest BCUT2D eigenvalue weighted by atomic mass is 9.40. The third-order valence-corrected chi connectivity index (χ3v) is 9.18. The maximum absolute atomic E-state index is 13.0. The molecule has 6 aliphatic rings. The molecule has 6 fully saturated rings. The minimum Gasteiger partial charge on any atom is -0.444 e. The Morgan fingerprint density at radius 2 is 1.17 bits per heavy atom. The molecule has 2 unspecified atom stereocenters. The topological polar surface area (TPSA) is 166 Å². The van der Waals surface area contributed by atoms with Crippen LogP contribution in [0.1, 0.15) is 111 Å². The lowest BCUT2D eigenvalue weighted by molar-refractivity contribution is -0.200. The summed E-state index contributed by atoms with van der Waals surface area (Å²) in [6.07, 6.45) is 4.74. The van der Waals surface area contributed by atoms with Gasteiger partial charge in [-0.15, -0.1) is 10.1 Å². The van der Waals surface area contributed by atoms with Gasteiger partial charge in [-0.3, -0.25) is 19.2 Å². The van der Waals surface area contributed by atoms with Gasteiger partial charge in [-0.2, -0.15) is 0 Å². The van der Waals surface area contributed by atoms with Crippen LogP contribution < -0.4 is 5.32 Å². The van der Waals surface area contributed by atoms with Crippen LogP contribution in [0.2, 0.25) is 0 Å². The van der Waals surface area contributed by atoms with Gasteiger partial charge < -0.3 is 19.7 Å². The molecule has 6 rings (SSSR count). The Bertz CT molecular complexity index is 1120. The monoisotopic (exact) mass is 589 g/mol. The molecule has 1 N–H and O–H groups in total. The minimum atomic E-state index is -0.690. The Hall–Kier alpha value is -3.51. The van der Waals surface area contributed by atoms with Gasteiger partial charge in [0.15, 0.2) is 0 Å². The van der Waals surface area contributed by atoms with Crippen LogP contribution in [-0.4, -0.2) is 62.9 Å². The van der Waals surface area contributed by atoms with Crippen LogP contribution in [0.4, 0.5) is 4.79 Å². The van der Waals surface area contributed by atoms with Gasteiger partial charge in [0.1, 0.15) is 5.60 Å². The SMILES string of the molecule is CC(C)(C)OC(=O)NC12CC3C[C@@](CCC(=O)ON4C(=O)CCC4=O)(C1)C[C@](CCC(=O)ON1C(=O)CCC1=O)(C3)C2. The second-order valence-corrected chi connectivity index (χ2v) is 14.0. The molecular formula is C29H39N3O10. The predicted molar refractivity (Wildman–Crippen MR) is 141 cm³/mol. The molecule has 0 aromatic carbocycles. The molecule has 0 radical (unpaired) electrons. The lowest BCUT2D eigenvalue weighted by Crippen LogP contribution is -2.66. The fourth-order valence-electron chi connectivity index (χ4n) is 8.41. The molecule has 0 aromatic rings. The molecule has 4 saturated carbocycles. The number of imide groups is 2. The van der Waals surface area contributed by atoms with Gasteiger partial charge >= 0.3 is 18.0 Å². The van der Waals surface area contributed by atoms with Crippen molar-refractivity contribution >= 4 is 41.7 Å². The zero-order chi connectivity index (χ0) is 30.5. The Morgan fingerprint density at radius 3 is 1.57 bits per heavy atom. The molecule has 13 heteroatoms. The third kappa shape index (κ3) is 6.29. The van der Waals surface area contributed by atoms with Crippen LogP contribution in [0.25, 0.3) is 0 Å². The number of alkyl carbamates (subject to hydrolysis) is 1. The van der Waals surface area contributed by atoms with Crippen LogP contribution in [0, 0.1) is 16.7 Å². The molecule has 4 aliphatic carbocycles. The van der Waals surface area contributed by atoms with Crippen molar-refractivity contribution in [3.8, 4) is 0 Å². The van der Waals surface area contributed by atoms with Crippen molar-refractivity contribution in [1.29, 1.82) is 0 Å². The van der Waals surface area contributed by atoms with Gasteiger partial charge in [-0.1, -0.05) is 0 Å². The van der Waals surface area contributed by atoms with Gasteiger partial charge in [0, 0.05) is 44.1 Å². The average molecular weight is 590 g/mol. The Labute approximate surface area is 243 Å². The van der Waals surface area contributed by atoms with E-state index in [1.807, 2.05) is 0 Å². The van der Waals surface area contributed by atoms with Crippen LogP contribution in [-0.2, 0) is 43.2 Å². The maximum atomic E-state index is 13.0. The zero-order valence-electron chi connectivity index (χ0n) is 24.5. The van der Waals surface area contributed by atoms with Crippen LogP contribution >= 0.6 is 0 Å². The highest BCUT2D eigenvalue weighted by molar-refractivity contribution is 6.02. The van der Waals surface area contributed by atoms with E-state index in [1.165, 1.54) is 0 Å². The van der Waals surface area contributed by atoms with E-state index in [0.717, 1.165) is 19.3 Å². The molecule has 13 nitrogen and oxygen atoms in total. The summed E-state index contributed by atoms with van der Waals surface area (Å²) in [5.41, 5.74) is -1.99. The van der Waals surface area contributed by atoms with Crippen molar-refractivity contribution in [1.82, 2.24) is 15.4 Å². The van der Waals surface area contributed by atoms with Crippen molar-refractivity contribution in [2.75, 3.05) is 0 Å². The van der Waals surface area contributed by atoms with E-state index in [2.05, 4.69) is 5.32 Å². The second-order valence-electron chi connectivity index (χ2n) is 14.0. The summed E-state index contributed by atoms with van der Waals surface area (Å²) in [4.78, 5) is 96.3. The molecule has 230 valence electrons. The number of hydroxylamine groups is 4. The van der Waals surface area contributed by atoms with Crippen LogP contribution in [0.5, 0.6) is 0 Å². The molecule has 42 heavy (non-hydrogen) atoms. The van der Waals surface area contributed by atoms with Crippen molar-refractivity contribution in [3.63, 3.8) is 0 Å².